The standard InChI is InChI=1S/C17H15N3O.C7H13N/c21-17-13-7-4-8-15-16(13)14(9-10-18-17)19-20(15)11-12-5-2-1-3-6-12;1-4-8-5-2-7(1)3-6-8/h1-8H,9-11H2,(H,18,21);7H,1-6H2. The monoisotopic (exact) mass is 388 g/mol. The van der Waals surface area contributed by atoms with Crippen LogP contribution in [-0.4, -0.2) is 46.8 Å². The third kappa shape index (κ3) is 3.79. The van der Waals surface area contributed by atoms with E-state index in [9.17, 15) is 4.79 Å². The van der Waals surface area contributed by atoms with Crippen LogP contribution in [0, 0.1) is 5.92 Å². The van der Waals surface area contributed by atoms with E-state index in [0.29, 0.717) is 6.54 Å². The molecule has 29 heavy (non-hydrogen) atoms. The molecule has 150 valence electrons. The van der Waals surface area contributed by atoms with E-state index in [2.05, 4.69) is 22.3 Å². The van der Waals surface area contributed by atoms with E-state index in [-0.39, 0.29) is 5.91 Å². The van der Waals surface area contributed by atoms with Gasteiger partial charge >= 0.3 is 0 Å². The molecule has 0 saturated carbocycles. The van der Waals surface area contributed by atoms with E-state index in [1.165, 1.54) is 44.5 Å². The van der Waals surface area contributed by atoms with Crippen molar-refractivity contribution in [2.24, 2.45) is 5.92 Å². The lowest BCUT2D eigenvalue weighted by molar-refractivity contribution is 0.0957. The molecule has 4 aliphatic rings. The minimum Gasteiger partial charge on any atom is -0.352 e. The highest BCUT2D eigenvalue weighted by Gasteiger charge is 2.24. The van der Waals surface area contributed by atoms with Crippen LogP contribution in [0.1, 0.15) is 40.9 Å². The first kappa shape index (κ1) is 18.4. The predicted octanol–water partition coefficient (Wildman–Crippen LogP) is 3.47. The van der Waals surface area contributed by atoms with Gasteiger partial charge in [-0.25, -0.2) is 0 Å². The number of rotatable bonds is 2. The minimum absolute atomic E-state index is 0.00129. The summed E-state index contributed by atoms with van der Waals surface area (Å²) in [6.45, 7) is 5.55. The maximum absolute atomic E-state index is 12.1. The van der Waals surface area contributed by atoms with Crippen LogP contribution in [0.2, 0.25) is 0 Å². The quantitative estimate of drug-likeness (QED) is 0.731. The largest absolute Gasteiger partial charge is 0.352 e. The van der Waals surface area contributed by atoms with Crippen molar-refractivity contribution in [2.75, 3.05) is 26.2 Å². The lowest BCUT2D eigenvalue weighted by Crippen LogP contribution is -2.41. The van der Waals surface area contributed by atoms with Gasteiger partial charge in [0.1, 0.15) is 0 Å². The highest BCUT2D eigenvalue weighted by atomic mass is 16.1. The SMILES string of the molecule is C1CN2CCC1CC2.O=C1NCCc2nn(Cc3ccccc3)c3cccc1c23. The molecular weight excluding hydrogens is 360 g/mol. The van der Waals surface area contributed by atoms with Crippen molar-refractivity contribution >= 4 is 16.8 Å². The van der Waals surface area contributed by atoms with E-state index in [4.69, 9.17) is 5.10 Å². The zero-order chi connectivity index (χ0) is 19.6. The maximum Gasteiger partial charge on any atom is 0.252 e. The average molecular weight is 389 g/mol. The Morgan fingerprint density at radius 3 is 2.38 bits per heavy atom. The van der Waals surface area contributed by atoms with Crippen molar-refractivity contribution in [3.63, 3.8) is 0 Å². The summed E-state index contributed by atoms with van der Waals surface area (Å²) < 4.78 is 2.00. The number of nitrogens with one attached hydrogen (secondary N) is 1. The summed E-state index contributed by atoms with van der Waals surface area (Å²) in [5, 5.41) is 8.66. The highest BCUT2D eigenvalue weighted by Crippen LogP contribution is 2.27. The Labute approximate surface area is 171 Å². The fourth-order valence-electron chi connectivity index (χ4n) is 4.80. The Morgan fingerprint density at radius 2 is 1.72 bits per heavy atom. The van der Waals surface area contributed by atoms with Crippen LogP contribution in [0.3, 0.4) is 0 Å². The zero-order valence-electron chi connectivity index (χ0n) is 16.8. The van der Waals surface area contributed by atoms with Gasteiger partial charge in [-0.2, -0.15) is 5.10 Å². The molecule has 0 unspecified atom stereocenters. The molecule has 0 radical (unpaired) electrons. The Kier molecular flexibility index (Phi) is 5.06. The number of hydrogen-bond acceptors (Lipinski definition) is 3. The fraction of sp³-hybridized carbons (Fsp3) is 0.417. The van der Waals surface area contributed by atoms with Gasteiger partial charge in [-0.3, -0.25) is 9.48 Å². The van der Waals surface area contributed by atoms with Crippen LogP contribution in [0.25, 0.3) is 10.9 Å². The number of carbonyl (C=O) groups is 1. The third-order valence-corrected chi connectivity index (χ3v) is 6.48. The molecule has 0 spiro atoms. The van der Waals surface area contributed by atoms with Crippen LogP contribution in [0.5, 0.6) is 0 Å². The summed E-state index contributed by atoms with van der Waals surface area (Å²) in [6, 6.07) is 16.1. The van der Waals surface area contributed by atoms with E-state index in [1.54, 1.807) is 0 Å². The number of carbonyl (C=O) groups excluding carboxylic acids is 1. The van der Waals surface area contributed by atoms with Gasteiger partial charge in [-0.05, 0) is 62.5 Å². The molecule has 2 aromatic carbocycles. The van der Waals surface area contributed by atoms with Crippen molar-refractivity contribution in [1.29, 1.82) is 0 Å². The zero-order valence-corrected chi connectivity index (χ0v) is 16.8. The Morgan fingerprint density at radius 1 is 0.966 bits per heavy atom. The third-order valence-electron chi connectivity index (χ3n) is 6.48. The lowest BCUT2D eigenvalue weighted by Gasteiger charge is -2.38. The molecule has 1 aromatic heterocycles. The number of hydrogen-bond donors (Lipinski definition) is 1. The van der Waals surface area contributed by atoms with E-state index < -0.39 is 0 Å². The topological polar surface area (TPSA) is 50.2 Å². The number of amides is 1. The molecule has 5 heteroatoms. The van der Waals surface area contributed by atoms with Gasteiger partial charge in [0.2, 0.25) is 0 Å². The average Bonchev–Trinajstić information content (AvgIpc) is 3.04. The van der Waals surface area contributed by atoms with E-state index >= 15 is 0 Å². The fourth-order valence-corrected chi connectivity index (χ4v) is 4.80. The first-order valence-corrected chi connectivity index (χ1v) is 10.8. The van der Waals surface area contributed by atoms with Crippen LogP contribution in [0.4, 0.5) is 0 Å². The number of benzene rings is 2. The first-order chi connectivity index (χ1) is 14.3. The number of piperidine rings is 3. The summed E-state index contributed by atoms with van der Waals surface area (Å²) in [6.07, 6.45) is 5.24. The van der Waals surface area contributed by atoms with Crippen LogP contribution in [0.15, 0.2) is 48.5 Å². The molecule has 7 rings (SSSR count). The highest BCUT2D eigenvalue weighted by molar-refractivity contribution is 6.08. The Hall–Kier alpha value is -2.66. The molecule has 1 N–H and O–H groups in total. The van der Waals surface area contributed by atoms with Gasteiger partial charge < -0.3 is 10.2 Å². The van der Waals surface area contributed by atoms with Crippen molar-refractivity contribution in [3.05, 3.63) is 65.4 Å². The van der Waals surface area contributed by atoms with Crippen molar-refractivity contribution in [1.82, 2.24) is 20.0 Å². The smallest absolute Gasteiger partial charge is 0.252 e. The summed E-state index contributed by atoms with van der Waals surface area (Å²) in [5.74, 6) is 1.11. The molecule has 1 amide bonds. The molecule has 0 atom stereocenters. The molecule has 0 aliphatic carbocycles. The normalized spacial score (nSPS) is 22.6. The summed E-state index contributed by atoms with van der Waals surface area (Å²) in [7, 11) is 0. The van der Waals surface area contributed by atoms with Crippen molar-refractivity contribution in [2.45, 2.75) is 32.2 Å². The predicted molar refractivity (Wildman–Crippen MR) is 115 cm³/mol. The van der Waals surface area contributed by atoms with Gasteiger partial charge in [-0.1, -0.05) is 36.4 Å². The van der Waals surface area contributed by atoms with Gasteiger partial charge in [0.25, 0.3) is 5.91 Å². The number of nitrogens with zero attached hydrogens (tertiary/aromatic N) is 3. The minimum atomic E-state index is -0.00129. The Balaban J connectivity index is 0.000000189. The summed E-state index contributed by atoms with van der Waals surface area (Å²) in [5.41, 5.74) is 3.98. The van der Waals surface area contributed by atoms with E-state index in [0.717, 1.165) is 41.0 Å². The van der Waals surface area contributed by atoms with Crippen molar-refractivity contribution in [3.8, 4) is 0 Å². The van der Waals surface area contributed by atoms with Gasteiger partial charge in [-0.15, -0.1) is 0 Å². The van der Waals surface area contributed by atoms with Crippen LogP contribution in [-0.2, 0) is 13.0 Å². The van der Waals surface area contributed by atoms with Gasteiger partial charge in [0.15, 0.2) is 0 Å². The molecule has 3 fully saturated rings. The second-order valence-electron chi connectivity index (χ2n) is 8.37. The molecule has 5 heterocycles. The molecule has 5 nitrogen and oxygen atoms in total. The maximum atomic E-state index is 12.1. The first-order valence-electron chi connectivity index (χ1n) is 10.8. The molecule has 3 aromatic rings. The summed E-state index contributed by atoms with van der Waals surface area (Å²) >= 11 is 0. The second kappa shape index (κ2) is 7.99. The lowest BCUT2D eigenvalue weighted by atomic mass is 9.89. The number of fused-ring (bicyclic) bond motifs is 3. The molecule has 2 bridgehead atoms. The molecule has 4 aliphatic heterocycles. The summed E-state index contributed by atoms with van der Waals surface area (Å²) in [4.78, 5) is 14.7. The van der Waals surface area contributed by atoms with Crippen LogP contribution < -0.4 is 5.32 Å². The van der Waals surface area contributed by atoms with E-state index in [1.807, 2.05) is 41.1 Å². The van der Waals surface area contributed by atoms with Crippen molar-refractivity contribution < 1.29 is 4.79 Å². The molecule has 3 saturated heterocycles. The van der Waals surface area contributed by atoms with Crippen LogP contribution >= 0.6 is 0 Å². The molecular formula is C24H28N4O. The Bertz CT molecular complexity index is 979. The second-order valence-corrected chi connectivity index (χ2v) is 8.37. The van der Waals surface area contributed by atoms with Gasteiger partial charge in [0, 0.05) is 18.4 Å². The van der Waals surface area contributed by atoms with Gasteiger partial charge in [0.05, 0.1) is 23.3 Å². The number of aromatic nitrogens is 2.